The molecule has 0 spiro atoms. The van der Waals surface area contributed by atoms with Crippen molar-refractivity contribution in [2.45, 2.75) is 9.79 Å². The molecule has 0 aliphatic heterocycles. The molecule has 0 bridgehead atoms. The number of rotatable bonds is 3. The Bertz CT molecular complexity index is 808. The summed E-state index contributed by atoms with van der Waals surface area (Å²) >= 11 is 0. The molecule has 0 atom stereocenters. The van der Waals surface area contributed by atoms with Crippen LogP contribution >= 0.6 is 10.8 Å². The summed E-state index contributed by atoms with van der Waals surface area (Å²) in [5.74, 6) is 0. The van der Waals surface area contributed by atoms with Crippen molar-refractivity contribution in [1.82, 2.24) is 4.98 Å². The normalized spacial score (nSPS) is 11.8. The Morgan fingerprint density at radius 2 is 1.58 bits per heavy atom. The lowest BCUT2D eigenvalue weighted by Gasteiger charge is -2.02. The summed E-state index contributed by atoms with van der Waals surface area (Å²) in [6.45, 7) is 0. The van der Waals surface area contributed by atoms with Crippen molar-refractivity contribution in [3.05, 3.63) is 60.8 Å². The fourth-order valence-corrected chi connectivity index (χ4v) is 4.81. The Morgan fingerprint density at radius 1 is 0.895 bits per heavy atom. The molecule has 1 N–H and O–H groups in total. The molecule has 0 saturated carbocycles. The number of para-hydroxylation sites is 1. The summed E-state index contributed by atoms with van der Waals surface area (Å²) in [6, 6.07) is 16.1. The topological polar surface area (TPSA) is 49.9 Å². The van der Waals surface area contributed by atoms with Gasteiger partial charge in [-0.2, -0.15) is 0 Å². The van der Waals surface area contributed by atoms with E-state index in [0.717, 1.165) is 26.6 Å². The molecule has 1 aromatic heterocycles. The van der Waals surface area contributed by atoms with Gasteiger partial charge in [0.15, 0.2) is 0 Å². The van der Waals surface area contributed by atoms with Crippen molar-refractivity contribution in [2.75, 3.05) is 0 Å². The summed E-state index contributed by atoms with van der Waals surface area (Å²) in [5, 5.41) is 0.923. The largest absolute Gasteiger partial charge is 0.360 e. The second-order valence-electron chi connectivity index (χ2n) is 4.05. The fourth-order valence-electron chi connectivity index (χ4n) is 1.87. The van der Waals surface area contributed by atoms with Crippen LogP contribution in [0.15, 0.2) is 70.6 Å². The molecule has 3 rings (SSSR count). The molecule has 0 aliphatic carbocycles. The highest BCUT2D eigenvalue weighted by molar-refractivity contribution is 8.72. The van der Waals surface area contributed by atoms with Gasteiger partial charge >= 0.3 is 0 Å². The quantitative estimate of drug-likeness (QED) is 0.749. The van der Waals surface area contributed by atoms with Crippen LogP contribution < -0.4 is 0 Å². The maximum Gasteiger partial charge on any atom is 0.234 e. The van der Waals surface area contributed by atoms with Gasteiger partial charge in [-0.1, -0.05) is 36.4 Å². The zero-order chi connectivity index (χ0) is 13.3. The maximum atomic E-state index is 12.3. The van der Waals surface area contributed by atoms with Crippen LogP contribution in [0.1, 0.15) is 0 Å². The summed E-state index contributed by atoms with van der Waals surface area (Å²) in [5.41, 5.74) is 0.938. The van der Waals surface area contributed by atoms with Crippen LogP contribution in [0.2, 0.25) is 0 Å². The third-order valence-electron chi connectivity index (χ3n) is 2.78. The molecule has 0 radical (unpaired) electrons. The minimum atomic E-state index is -3.38. The van der Waals surface area contributed by atoms with Gasteiger partial charge in [-0.25, -0.2) is 8.42 Å². The van der Waals surface area contributed by atoms with Gasteiger partial charge in [0.05, 0.1) is 4.90 Å². The molecule has 96 valence electrons. The highest BCUT2D eigenvalue weighted by Gasteiger charge is 2.18. The number of aromatic nitrogens is 1. The smallest absolute Gasteiger partial charge is 0.234 e. The van der Waals surface area contributed by atoms with Crippen molar-refractivity contribution in [1.29, 1.82) is 0 Å². The molecule has 5 heteroatoms. The van der Waals surface area contributed by atoms with Gasteiger partial charge in [-0.05, 0) is 18.2 Å². The highest BCUT2D eigenvalue weighted by atomic mass is 33.1. The summed E-state index contributed by atoms with van der Waals surface area (Å²) in [6.07, 6.45) is 1.73. The minimum Gasteiger partial charge on any atom is -0.360 e. The molecule has 19 heavy (non-hydrogen) atoms. The van der Waals surface area contributed by atoms with Gasteiger partial charge < -0.3 is 4.98 Å². The number of H-pyrrole nitrogens is 1. The van der Waals surface area contributed by atoms with E-state index in [2.05, 4.69) is 4.98 Å². The molecular formula is C14H11NO2S2. The van der Waals surface area contributed by atoms with Gasteiger partial charge in [0.1, 0.15) is 0 Å². The van der Waals surface area contributed by atoms with Crippen molar-refractivity contribution < 1.29 is 8.42 Å². The average Bonchev–Trinajstić information content (AvgIpc) is 2.83. The number of fused-ring (bicyclic) bond motifs is 1. The monoisotopic (exact) mass is 289 g/mol. The van der Waals surface area contributed by atoms with E-state index in [1.807, 2.05) is 24.3 Å². The second-order valence-corrected chi connectivity index (χ2v) is 7.85. The van der Waals surface area contributed by atoms with Crippen LogP contribution in [0.5, 0.6) is 0 Å². The molecule has 0 fully saturated rings. The number of nitrogens with one attached hydrogen (secondary N) is 1. The second kappa shape index (κ2) is 4.75. The molecule has 3 nitrogen and oxygen atoms in total. The first-order chi connectivity index (χ1) is 9.17. The Labute approximate surface area is 115 Å². The number of benzene rings is 2. The predicted molar refractivity (Wildman–Crippen MR) is 77.8 cm³/mol. The third-order valence-corrected chi connectivity index (χ3v) is 6.14. The summed E-state index contributed by atoms with van der Waals surface area (Å²) in [4.78, 5) is 4.12. The van der Waals surface area contributed by atoms with Gasteiger partial charge in [-0.3, -0.25) is 0 Å². The Balaban J connectivity index is 2.02. The first-order valence-electron chi connectivity index (χ1n) is 5.72. The van der Waals surface area contributed by atoms with Crippen LogP contribution in [-0.4, -0.2) is 13.4 Å². The van der Waals surface area contributed by atoms with Crippen molar-refractivity contribution in [3.63, 3.8) is 0 Å². The standard InChI is InChI=1S/C14H11NO2S2/c16-19(17,11-6-2-1-3-7-11)18-14-10-15-13-9-5-4-8-12(13)14/h1-10,15H. The van der Waals surface area contributed by atoms with E-state index in [1.54, 1.807) is 36.5 Å². The average molecular weight is 289 g/mol. The van der Waals surface area contributed by atoms with Crippen LogP contribution in [0.3, 0.4) is 0 Å². The first kappa shape index (κ1) is 12.3. The van der Waals surface area contributed by atoms with E-state index in [4.69, 9.17) is 0 Å². The van der Waals surface area contributed by atoms with E-state index in [9.17, 15) is 8.42 Å². The predicted octanol–water partition coefficient (Wildman–Crippen LogP) is 3.65. The Morgan fingerprint density at radius 3 is 2.37 bits per heavy atom. The fraction of sp³-hybridized carbons (Fsp3) is 0. The van der Waals surface area contributed by atoms with E-state index in [1.165, 1.54) is 0 Å². The van der Waals surface area contributed by atoms with Crippen molar-refractivity contribution in [3.8, 4) is 0 Å². The highest BCUT2D eigenvalue weighted by Crippen LogP contribution is 2.35. The number of aromatic amines is 1. The molecule has 0 saturated heterocycles. The van der Waals surface area contributed by atoms with Crippen LogP contribution in [-0.2, 0) is 8.87 Å². The van der Waals surface area contributed by atoms with Gasteiger partial charge in [-0.15, -0.1) is 0 Å². The van der Waals surface area contributed by atoms with E-state index in [0.29, 0.717) is 4.90 Å². The van der Waals surface area contributed by atoms with Gasteiger partial charge in [0.25, 0.3) is 0 Å². The molecule has 2 aromatic carbocycles. The molecule has 1 heterocycles. The Kier molecular flexibility index (Phi) is 3.08. The van der Waals surface area contributed by atoms with E-state index < -0.39 is 8.87 Å². The lowest BCUT2D eigenvalue weighted by atomic mass is 10.2. The minimum absolute atomic E-state index is 0.324. The van der Waals surface area contributed by atoms with Gasteiger partial charge in [0, 0.05) is 32.8 Å². The molecule has 3 aromatic rings. The van der Waals surface area contributed by atoms with E-state index in [-0.39, 0.29) is 0 Å². The van der Waals surface area contributed by atoms with Gasteiger partial charge in [0.2, 0.25) is 8.87 Å². The maximum absolute atomic E-state index is 12.3. The molecule has 0 amide bonds. The van der Waals surface area contributed by atoms with Crippen LogP contribution in [0.4, 0.5) is 0 Å². The number of hydrogen-bond acceptors (Lipinski definition) is 3. The molecular weight excluding hydrogens is 278 g/mol. The SMILES string of the molecule is O=S(=O)(Sc1c[nH]c2ccccc12)c1ccccc1. The van der Waals surface area contributed by atoms with Crippen LogP contribution in [0, 0.1) is 0 Å². The molecule has 0 aliphatic rings. The first-order valence-corrected chi connectivity index (χ1v) is 8.54. The number of hydrogen-bond donors (Lipinski definition) is 1. The van der Waals surface area contributed by atoms with Crippen LogP contribution in [0.25, 0.3) is 10.9 Å². The zero-order valence-corrected chi connectivity index (χ0v) is 11.5. The summed E-state index contributed by atoms with van der Waals surface area (Å²) < 4.78 is 24.6. The van der Waals surface area contributed by atoms with Crippen molar-refractivity contribution >= 4 is 30.6 Å². The van der Waals surface area contributed by atoms with Crippen molar-refractivity contribution in [2.24, 2.45) is 0 Å². The third kappa shape index (κ3) is 2.39. The summed E-state index contributed by atoms with van der Waals surface area (Å²) in [7, 11) is -2.50. The van der Waals surface area contributed by atoms with E-state index >= 15 is 0 Å². The molecule has 0 unspecified atom stereocenters. The Hall–Kier alpha value is -1.72. The lowest BCUT2D eigenvalue weighted by molar-refractivity contribution is 0.610. The zero-order valence-electron chi connectivity index (χ0n) is 9.91. The lowest BCUT2D eigenvalue weighted by Crippen LogP contribution is -1.93.